The van der Waals surface area contributed by atoms with E-state index in [0.717, 1.165) is 5.56 Å². The summed E-state index contributed by atoms with van der Waals surface area (Å²) in [6.45, 7) is 9.69. The molecule has 0 unspecified atom stereocenters. The summed E-state index contributed by atoms with van der Waals surface area (Å²) in [5.41, 5.74) is -1.24. The molecule has 0 aliphatic carbocycles. The molecule has 2 N–H and O–H groups in total. The molecule has 0 spiro atoms. The van der Waals surface area contributed by atoms with E-state index in [4.69, 9.17) is 4.74 Å². The quantitative estimate of drug-likeness (QED) is 0.796. The Kier molecular flexibility index (Phi) is 5.07. The van der Waals surface area contributed by atoms with Gasteiger partial charge in [0.2, 0.25) is 10.0 Å². The van der Waals surface area contributed by atoms with Crippen molar-refractivity contribution in [1.29, 1.82) is 0 Å². The largest absolute Gasteiger partial charge is 0.468 e. The smallest absolute Gasteiger partial charge is 0.327 e. The van der Waals surface area contributed by atoms with Crippen LogP contribution in [0, 0.1) is 6.92 Å². The Labute approximate surface area is 150 Å². The number of sulfonamides is 1. The summed E-state index contributed by atoms with van der Waals surface area (Å²) in [5.74, 6) is -0.564. The van der Waals surface area contributed by atoms with Crippen molar-refractivity contribution in [2.75, 3.05) is 7.11 Å². The Balaban J connectivity index is 2.48. The molecule has 1 aliphatic heterocycles. The topological polar surface area (TPSA) is 84.5 Å². The van der Waals surface area contributed by atoms with Gasteiger partial charge in [0.1, 0.15) is 5.54 Å². The van der Waals surface area contributed by atoms with Gasteiger partial charge in [0.15, 0.2) is 0 Å². The predicted octanol–water partition coefficient (Wildman–Crippen LogP) is 2.13. The fraction of sp³-hybridized carbons (Fsp3) is 0.611. The summed E-state index contributed by atoms with van der Waals surface area (Å²) < 4.78 is 33.5. The van der Waals surface area contributed by atoms with Gasteiger partial charge >= 0.3 is 5.97 Å². The van der Waals surface area contributed by atoms with Crippen LogP contribution in [0.3, 0.4) is 0 Å². The molecule has 1 aromatic rings. The van der Waals surface area contributed by atoms with E-state index in [1.165, 1.54) is 7.11 Å². The second-order valence-electron chi connectivity index (χ2n) is 8.24. The zero-order chi connectivity index (χ0) is 19.1. The van der Waals surface area contributed by atoms with Crippen molar-refractivity contribution >= 4 is 16.0 Å². The van der Waals surface area contributed by atoms with Gasteiger partial charge in [-0.05, 0) is 59.6 Å². The van der Waals surface area contributed by atoms with Crippen LogP contribution < -0.4 is 10.0 Å². The van der Waals surface area contributed by atoms with Crippen LogP contribution in [0.15, 0.2) is 29.2 Å². The molecule has 2 rings (SSSR count). The van der Waals surface area contributed by atoms with Gasteiger partial charge in [-0.15, -0.1) is 0 Å². The predicted molar refractivity (Wildman–Crippen MR) is 96.8 cm³/mol. The minimum atomic E-state index is -3.87. The molecule has 140 valence electrons. The first-order chi connectivity index (χ1) is 11.3. The molecule has 1 heterocycles. The standard InChI is InChI=1S/C18H28N2O4S/c1-13-7-9-14(10-8-13)25(22,23)20-18(15(21)24-6)11-16(2,3)19-17(4,5)12-18/h7-10,19-20H,11-12H2,1-6H3. The lowest BCUT2D eigenvalue weighted by molar-refractivity contribution is -0.151. The number of benzene rings is 1. The van der Waals surface area contributed by atoms with Crippen molar-refractivity contribution in [1.82, 2.24) is 10.0 Å². The van der Waals surface area contributed by atoms with Crippen molar-refractivity contribution in [3.05, 3.63) is 29.8 Å². The Bertz CT molecular complexity index is 736. The lowest BCUT2D eigenvalue weighted by Gasteiger charge is -2.51. The van der Waals surface area contributed by atoms with E-state index < -0.39 is 32.6 Å². The number of piperidine rings is 1. The fourth-order valence-electron chi connectivity index (χ4n) is 4.06. The second kappa shape index (κ2) is 6.37. The Morgan fingerprint density at radius 3 is 2.00 bits per heavy atom. The lowest BCUT2D eigenvalue weighted by Crippen LogP contribution is -2.70. The van der Waals surface area contributed by atoms with E-state index in [1.807, 2.05) is 34.6 Å². The Hall–Kier alpha value is -1.44. The monoisotopic (exact) mass is 368 g/mol. The van der Waals surface area contributed by atoms with Gasteiger partial charge in [-0.3, -0.25) is 4.79 Å². The first-order valence-corrected chi connectivity index (χ1v) is 9.78. The van der Waals surface area contributed by atoms with Crippen LogP contribution in [0.1, 0.15) is 46.1 Å². The molecule has 1 aliphatic rings. The van der Waals surface area contributed by atoms with Gasteiger partial charge in [-0.25, -0.2) is 8.42 Å². The minimum absolute atomic E-state index is 0.135. The van der Waals surface area contributed by atoms with Crippen LogP contribution in [0.2, 0.25) is 0 Å². The minimum Gasteiger partial charge on any atom is -0.468 e. The van der Waals surface area contributed by atoms with Crippen molar-refractivity contribution in [3.8, 4) is 0 Å². The number of methoxy groups -OCH3 is 1. The molecule has 1 aromatic carbocycles. The number of hydrogen-bond donors (Lipinski definition) is 2. The number of nitrogens with one attached hydrogen (secondary N) is 2. The summed E-state index contributed by atoms with van der Waals surface area (Å²) in [4.78, 5) is 12.8. The number of hydrogen-bond acceptors (Lipinski definition) is 5. The molecule has 0 bridgehead atoms. The first kappa shape index (κ1) is 19.9. The van der Waals surface area contributed by atoms with E-state index in [2.05, 4.69) is 10.0 Å². The summed E-state index contributed by atoms with van der Waals surface area (Å²) in [6.07, 6.45) is 0.586. The zero-order valence-electron chi connectivity index (χ0n) is 15.8. The fourth-order valence-corrected chi connectivity index (χ4v) is 5.42. The van der Waals surface area contributed by atoms with Crippen LogP contribution in [0.5, 0.6) is 0 Å². The molecule has 6 nitrogen and oxygen atoms in total. The Morgan fingerprint density at radius 2 is 1.56 bits per heavy atom. The molecule has 0 saturated carbocycles. The van der Waals surface area contributed by atoms with Crippen molar-refractivity contribution < 1.29 is 17.9 Å². The highest BCUT2D eigenvalue weighted by atomic mass is 32.2. The highest BCUT2D eigenvalue weighted by Crippen LogP contribution is 2.37. The molecule has 0 amide bonds. The summed E-state index contributed by atoms with van der Waals surface area (Å²) in [6, 6.07) is 6.55. The van der Waals surface area contributed by atoms with E-state index in [0.29, 0.717) is 12.8 Å². The maximum atomic E-state index is 12.9. The zero-order valence-corrected chi connectivity index (χ0v) is 16.6. The number of carbonyl (C=O) groups excluding carboxylic acids is 1. The van der Waals surface area contributed by atoms with Crippen LogP contribution in [0.4, 0.5) is 0 Å². The number of esters is 1. The first-order valence-electron chi connectivity index (χ1n) is 8.29. The van der Waals surface area contributed by atoms with Gasteiger partial charge < -0.3 is 10.1 Å². The SMILES string of the molecule is COC(=O)C1(NS(=O)(=O)c2ccc(C)cc2)CC(C)(C)NC(C)(C)C1. The van der Waals surface area contributed by atoms with Crippen molar-refractivity contribution in [2.45, 2.75) is 69.0 Å². The summed E-state index contributed by atoms with van der Waals surface area (Å²) in [7, 11) is -2.59. The van der Waals surface area contributed by atoms with Crippen LogP contribution >= 0.6 is 0 Å². The highest BCUT2D eigenvalue weighted by Gasteiger charge is 2.54. The molecule has 0 atom stereocenters. The normalized spacial score (nSPS) is 21.5. The van der Waals surface area contributed by atoms with Gasteiger partial charge in [-0.2, -0.15) is 4.72 Å². The molecule has 1 fully saturated rings. The van der Waals surface area contributed by atoms with E-state index in [-0.39, 0.29) is 4.90 Å². The number of ether oxygens (including phenoxy) is 1. The average Bonchev–Trinajstić information content (AvgIpc) is 2.42. The maximum absolute atomic E-state index is 12.9. The molecule has 1 saturated heterocycles. The lowest BCUT2D eigenvalue weighted by atomic mass is 9.71. The van der Waals surface area contributed by atoms with Crippen LogP contribution in [0.25, 0.3) is 0 Å². The van der Waals surface area contributed by atoms with Gasteiger partial charge in [0.25, 0.3) is 0 Å². The third-order valence-corrected chi connectivity index (χ3v) is 5.95. The second-order valence-corrected chi connectivity index (χ2v) is 9.92. The van der Waals surface area contributed by atoms with E-state index in [9.17, 15) is 13.2 Å². The Morgan fingerprint density at radius 1 is 1.08 bits per heavy atom. The highest BCUT2D eigenvalue weighted by molar-refractivity contribution is 7.89. The number of rotatable bonds is 4. The van der Waals surface area contributed by atoms with Crippen LogP contribution in [-0.2, 0) is 19.6 Å². The van der Waals surface area contributed by atoms with Crippen molar-refractivity contribution in [2.24, 2.45) is 0 Å². The third-order valence-electron chi connectivity index (χ3n) is 4.40. The molecule has 25 heavy (non-hydrogen) atoms. The van der Waals surface area contributed by atoms with Gasteiger partial charge in [-0.1, -0.05) is 17.7 Å². The van der Waals surface area contributed by atoms with Crippen molar-refractivity contribution in [3.63, 3.8) is 0 Å². The number of aryl methyl sites for hydroxylation is 1. The molecule has 7 heteroatoms. The number of carbonyl (C=O) groups is 1. The maximum Gasteiger partial charge on any atom is 0.327 e. The molecule has 0 radical (unpaired) electrons. The van der Waals surface area contributed by atoms with Crippen LogP contribution in [-0.4, -0.2) is 38.1 Å². The van der Waals surface area contributed by atoms with E-state index in [1.54, 1.807) is 24.3 Å². The summed E-state index contributed by atoms with van der Waals surface area (Å²) in [5, 5.41) is 3.46. The summed E-state index contributed by atoms with van der Waals surface area (Å²) >= 11 is 0. The average molecular weight is 368 g/mol. The molecular formula is C18H28N2O4S. The van der Waals surface area contributed by atoms with Gasteiger partial charge in [0.05, 0.1) is 12.0 Å². The molecule has 0 aromatic heterocycles. The van der Waals surface area contributed by atoms with E-state index >= 15 is 0 Å². The third kappa shape index (κ3) is 4.40. The molecular weight excluding hydrogens is 340 g/mol. The van der Waals surface area contributed by atoms with Gasteiger partial charge in [0, 0.05) is 11.1 Å².